The smallest absolute Gasteiger partial charge is 0.341 e. The van der Waals surface area contributed by atoms with Crippen molar-refractivity contribution in [1.29, 1.82) is 0 Å². The van der Waals surface area contributed by atoms with Crippen LogP contribution in [0.4, 0.5) is 0 Å². The molecule has 0 atom stereocenters. The van der Waals surface area contributed by atoms with Crippen LogP contribution < -0.4 is 4.74 Å². The lowest BCUT2D eigenvalue weighted by Gasteiger charge is -2.30. The fourth-order valence-electron chi connectivity index (χ4n) is 2.18. The Balaban J connectivity index is 3.50. The minimum Gasteiger partial charge on any atom is -0.481 e. The fraction of sp³-hybridized carbons (Fsp3) is 0.588. The molecule has 0 bridgehead atoms. The molecule has 0 aliphatic heterocycles. The van der Waals surface area contributed by atoms with E-state index >= 15 is 0 Å². The highest BCUT2D eigenvalue weighted by Crippen LogP contribution is 2.40. The number of hydrogen-bond donors (Lipinski definition) is 1. The Morgan fingerprint density at radius 1 is 1.05 bits per heavy atom. The number of carboxylic acids is 1. The summed E-state index contributed by atoms with van der Waals surface area (Å²) in [6, 6.07) is 4.18. The van der Waals surface area contributed by atoms with Crippen LogP contribution in [0.2, 0.25) is 0 Å². The Labute approximate surface area is 122 Å². The molecule has 0 spiro atoms. The molecule has 0 aliphatic rings. The van der Waals surface area contributed by atoms with E-state index in [0.29, 0.717) is 0 Å². The van der Waals surface area contributed by atoms with Gasteiger partial charge in [-0.3, -0.25) is 0 Å². The van der Waals surface area contributed by atoms with Crippen molar-refractivity contribution in [2.75, 3.05) is 6.61 Å². The number of aliphatic carboxylic acids is 1. The van der Waals surface area contributed by atoms with E-state index in [1.54, 1.807) is 0 Å². The van der Waals surface area contributed by atoms with Gasteiger partial charge >= 0.3 is 5.97 Å². The van der Waals surface area contributed by atoms with Crippen molar-refractivity contribution in [3.8, 4) is 5.75 Å². The molecule has 3 nitrogen and oxygen atoms in total. The first-order valence-electron chi connectivity index (χ1n) is 6.93. The third-order valence-corrected chi connectivity index (χ3v) is 3.19. The number of ether oxygens (including phenoxy) is 1. The van der Waals surface area contributed by atoms with Gasteiger partial charge in [0.25, 0.3) is 0 Å². The van der Waals surface area contributed by atoms with Crippen molar-refractivity contribution in [3.63, 3.8) is 0 Å². The summed E-state index contributed by atoms with van der Waals surface area (Å²) in [4.78, 5) is 10.8. The summed E-state index contributed by atoms with van der Waals surface area (Å²) in [5, 5.41) is 8.89. The Hall–Kier alpha value is -1.51. The number of carboxylic acid groups (broad SMARTS) is 1. The van der Waals surface area contributed by atoms with Gasteiger partial charge in [-0.05, 0) is 17.8 Å². The first kappa shape index (κ1) is 16.5. The van der Waals surface area contributed by atoms with E-state index in [9.17, 15) is 4.79 Å². The molecular formula is C17H26O3. The van der Waals surface area contributed by atoms with Crippen LogP contribution in [0, 0.1) is 6.92 Å². The quantitative estimate of drug-likeness (QED) is 0.907. The Kier molecular flexibility index (Phi) is 4.52. The predicted octanol–water partition coefficient (Wildman–Crippen LogP) is 4.05. The summed E-state index contributed by atoms with van der Waals surface area (Å²) in [5.41, 5.74) is 3.09. The monoisotopic (exact) mass is 278 g/mol. The topological polar surface area (TPSA) is 46.5 Å². The van der Waals surface area contributed by atoms with Crippen molar-refractivity contribution in [2.45, 2.75) is 59.3 Å². The van der Waals surface area contributed by atoms with Crippen LogP contribution in [0.5, 0.6) is 5.75 Å². The highest BCUT2D eigenvalue weighted by Gasteiger charge is 2.27. The van der Waals surface area contributed by atoms with E-state index < -0.39 is 5.97 Å². The lowest BCUT2D eigenvalue weighted by atomic mass is 9.78. The van der Waals surface area contributed by atoms with Crippen LogP contribution >= 0.6 is 0 Å². The van der Waals surface area contributed by atoms with Crippen molar-refractivity contribution in [3.05, 3.63) is 28.8 Å². The Morgan fingerprint density at radius 2 is 1.45 bits per heavy atom. The molecule has 0 fully saturated rings. The van der Waals surface area contributed by atoms with Crippen LogP contribution in [0.3, 0.4) is 0 Å². The Bertz CT molecular complexity index is 467. The molecule has 1 aromatic rings. The lowest BCUT2D eigenvalue weighted by Crippen LogP contribution is -2.22. The molecule has 0 amide bonds. The van der Waals surface area contributed by atoms with E-state index in [0.717, 1.165) is 16.9 Å². The molecule has 0 saturated carbocycles. The van der Waals surface area contributed by atoms with Crippen molar-refractivity contribution >= 4 is 5.97 Å². The maximum absolute atomic E-state index is 10.8. The van der Waals surface area contributed by atoms with Crippen molar-refractivity contribution in [1.82, 2.24) is 0 Å². The zero-order chi connectivity index (χ0) is 15.7. The second kappa shape index (κ2) is 5.47. The largest absolute Gasteiger partial charge is 0.481 e. The van der Waals surface area contributed by atoms with E-state index in [1.165, 1.54) is 5.56 Å². The van der Waals surface area contributed by atoms with E-state index in [2.05, 4.69) is 60.6 Å². The standard InChI is InChI=1S/C17H26O3/c1-11-8-12(16(2,3)4)15(20-10-14(18)19)13(9-11)17(5,6)7/h8-9H,10H2,1-7H3,(H,18,19). The molecule has 0 saturated heterocycles. The van der Waals surface area contributed by atoms with Crippen molar-refractivity contribution in [2.24, 2.45) is 0 Å². The fourth-order valence-corrected chi connectivity index (χ4v) is 2.18. The van der Waals surface area contributed by atoms with Gasteiger partial charge in [-0.25, -0.2) is 4.79 Å². The Morgan fingerprint density at radius 3 is 1.75 bits per heavy atom. The lowest BCUT2D eigenvalue weighted by molar-refractivity contribution is -0.139. The molecule has 20 heavy (non-hydrogen) atoms. The summed E-state index contributed by atoms with van der Waals surface area (Å²) in [5.74, 6) is -0.233. The van der Waals surface area contributed by atoms with Crippen LogP contribution in [-0.4, -0.2) is 17.7 Å². The molecule has 1 rings (SSSR count). The van der Waals surface area contributed by atoms with Gasteiger partial charge in [0, 0.05) is 11.1 Å². The van der Waals surface area contributed by atoms with Gasteiger partial charge in [0.05, 0.1) is 0 Å². The van der Waals surface area contributed by atoms with Gasteiger partial charge in [-0.15, -0.1) is 0 Å². The van der Waals surface area contributed by atoms with Gasteiger partial charge < -0.3 is 9.84 Å². The second-order valence-corrected chi connectivity index (χ2v) is 7.37. The third-order valence-electron chi connectivity index (χ3n) is 3.19. The molecule has 1 aromatic carbocycles. The van der Waals surface area contributed by atoms with Crippen LogP contribution in [0.25, 0.3) is 0 Å². The minimum atomic E-state index is -0.953. The maximum Gasteiger partial charge on any atom is 0.341 e. The highest BCUT2D eigenvalue weighted by atomic mass is 16.5. The van der Waals surface area contributed by atoms with Gasteiger partial charge in [0.15, 0.2) is 6.61 Å². The molecule has 0 radical (unpaired) electrons. The molecule has 3 heteroatoms. The number of benzene rings is 1. The minimum absolute atomic E-state index is 0.0974. The summed E-state index contributed by atoms with van der Waals surface area (Å²) in [7, 11) is 0. The zero-order valence-electron chi connectivity index (χ0n) is 13.6. The SMILES string of the molecule is Cc1cc(C(C)(C)C)c(OCC(=O)O)c(C(C)(C)C)c1. The van der Waals surface area contributed by atoms with Gasteiger partial charge in [0.2, 0.25) is 0 Å². The zero-order valence-corrected chi connectivity index (χ0v) is 13.6. The van der Waals surface area contributed by atoms with Crippen LogP contribution in [0.1, 0.15) is 58.2 Å². The maximum atomic E-state index is 10.8. The van der Waals surface area contributed by atoms with Gasteiger partial charge in [-0.1, -0.05) is 59.2 Å². The molecule has 0 heterocycles. The summed E-state index contributed by atoms with van der Waals surface area (Å²) >= 11 is 0. The molecule has 0 unspecified atom stereocenters. The number of aryl methyl sites for hydroxylation is 1. The number of carbonyl (C=O) groups is 1. The first-order chi connectivity index (χ1) is 8.93. The average Bonchev–Trinajstić information content (AvgIpc) is 2.23. The number of rotatable bonds is 3. The van der Waals surface area contributed by atoms with Crippen molar-refractivity contribution < 1.29 is 14.6 Å². The molecule has 0 aromatic heterocycles. The third kappa shape index (κ3) is 3.99. The molecule has 0 aliphatic carbocycles. The van der Waals surface area contributed by atoms with Gasteiger partial charge in [0.1, 0.15) is 5.75 Å². The van der Waals surface area contributed by atoms with E-state index in [1.807, 2.05) is 0 Å². The number of hydrogen-bond acceptors (Lipinski definition) is 2. The molecular weight excluding hydrogens is 252 g/mol. The second-order valence-electron chi connectivity index (χ2n) is 7.37. The highest BCUT2D eigenvalue weighted by molar-refractivity contribution is 5.68. The van der Waals surface area contributed by atoms with Crippen LogP contribution in [-0.2, 0) is 15.6 Å². The first-order valence-corrected chi connectivity index (χ1v) is 6.93. The molecule has 112 valence electrons. The summed E-state index contributed by atoms with van der Waals surface area (Å²) in [6.07, 6.45) is 0. The van der Waals surface area contributed by atoms with Gasteiger partial charge in [-0.2, -0.15) is 0 Å². The molecule has 1 N–H and O–H groups in total. The summed E-state index contributed by atoms with van der Waals surface area (Å²) < 4.78 is 5.64. The normalized spacial score (nSPS) is 12.3. The van der Waals surface area contributed by atoms with E-state index in [-0.39, 0.29) is 17.4 Å². The van der Waals surface area contributed by atoms with Crippen LogP contribution in [0.15, 0.2) is 12.1 Å². The summed E-state index contributed by atoms with van der Waals surface area (Å²) in [6.45, 7) is 14.4. The predicted molar refractivity (Wildman–Crippen MR) is 81.7 cm³/mol. The van der Waals surface area contributed by atoms with E-state index in [4.69, 9.17) is 9.84 Å². The average molecular weight is 278 g/mol.